The first-order valence-corrected chi connectivity index (χ1v) is 3.77. The first-order chi connectivity index (χ1) is 5.61. The normalized spacial score (nSPS) is 10.2. The number of nitrogens with zero attached hydrogens (tertiary/aromatic N) is 1. The predicted octanol–water partition coefficient (Wildman–Crippen LogP) is 2.52. The first-order valence-electron chi connectivity index (χ1n) is 3.77. The zero-order valence-electron chi connectivity index (χ0n) is 7.07. The van der Waals surface area contributed by atoms with E-state index >= 15 is 0 Å². The van der Waals surface area contributed by atoms with E-state index in [9.17, 15) is 10.1 Å². The lowest BCUT2D eigenvalue weighted by atomic mass is 10.0. The van der Waals surface area contributed by atoms with Crippen molar-refractivity contribution in [3.05, 3.63) is 39.9 Å². The fraction of sp³-hybridized carbons (Fsp3) is 0.333. The Morgan fingerprint density at radius 1 is 1.58 bits per heavy atom. The third-order valence-electron chi connectivity index (χ3n) is 1.64. The van der Waals surface area contributed by atoms with Crippen LogP contribution in [0.2, 0.25) is 0 Å². The SMILES string of the molecule is CC(C)c1[c]ccc([N+](=O)[O-])c1. The topological polar surface area (TPSA) is 43.1 Å². The Morgan fingerprint density at radius 2 is 2.25 bits per heavy atom. The highest BCUT2D eigenvalue weighted by molar-refractivity contribution is 5.34. The summed E-state index contributed by atoms with van der Waals surface area (Å²) < 4.78 is 0. The molecule has 0 unspecified atom stereocenters. The molecule has 12 heavy (non-hydrogen) atoms. The monoisotopic (exact) mass is 164 g/mol. The molecule has 0 N–H and O–H groups in total. The quantitative estimate of drug-likeness (QED) is 0.498. The fourth-order valence-electron chi connectivity index (χ4n) is 0.919. The number of hydrogen-bond donors (Lipinski definition) is 0. The van der Waals surface area contributed by atoms with E-state index in [4.69, 9.17) is 0 Å². The highest BCUT2D eigenvalue weighted by Crippen LogP contribution is 2.18. The molecule has 63 valence electrons. The van der Waals surface area contributed by atoms with Gasteiger partial charge < -0.3 is 0 Å². The van der Waals surface area contributed by atoms with E-state index in [1.807, 2.05) is 13.8 Å². The average molecular weight is 164 g/mol. The third-order valence-corrected chi connectivity index (χ3v) is 1.64. The van der Waals surface area contributed by atoms with Crippen molar-refractivity contribution >= 4 is 5.69 Å². The Labute approximate surface area is 71.2 Å². The number of non-ortho nitro benzene ring substituents is 1. The molecule has 0 spiro atoms. The summed E-state index contributed by atoms with van der Waals surface area (Å²) in [7, 11) is 0. The van der Waals surface area contributed by atoms with Gasteiger partial charge in [0.15, 0.2) is 0 Å². The molecule has 1 rings (SSSR count). The van der Waals surface area contributed by atoms with Gasteiger partial charge in [-0.1, -0.05) is 13.8 Å². The second kappa shape index (κ2) is 3.34. The number of benzene rings is 1. The van der Waals surface area contributed by atoms with E-state index < -0.39 is 0 Å². The van der Waals surface area contributed by atoms with Gasteiger partial charge in [-0.25, -0.2) is 0 Å². The molecule has 0 aromatic heterocycles. The lowest BCUT2D eigenvalue weighted by Gasteiger charge is -2.02. The smallest absolute Gasteiger partial charge is 0.258 e. The van der Waals surface area contributed by atoms with Crippen LogP contribution in [0, 0.1) is 16.2 Å². The predicted molar refractivity (Wildman–Crippen MR) is 46.0 cm³/mol. The van der Waals surface area contributed by atoms with Crippen molar-refractivity contribution in [3.63, 3.8) is 0 Å². The molecular formula is C9H10NO2. The highest BCUT2D eigenvalue weighted by Gasteiger charge is 2.07. The maximum Gasteiger partial charge on any atom is 0.269 e. The lowest BCUT2D eigenvalue weighted by Crippen LogP contribution is -1.91. The van der Waals surface area contributed by atoms with Gasteiger partial charge in [0, 0.05) is 12.1 Å². The van der Waals surface area contributed by atoms with Gasteiger partial charge in [0.1, 0.15) is 0 Å². The zero-order valence-corrected chi connectivity index (χ0v) is 7.07. The summed E-state index contributed by atoms with van der Waals surface area (Å²) in [5.41, 5.74) is 1.02. The van der Waals surface area contributed by atoms with Crippen LogP contribution in [0.4, 0.5) is 5.69 Å². The maximum atomic E-state index is 10.4. The zero-order chi connectivity index (χ0) is 9.14. The van der Waals surface area contributed by atoms with Gasteiger partial charge in [-0.05, 0) is 23.6 Å². The van der Waals surface area contributed by atoms with Gasteiger partial charge in [-0.15, -0.1) is 0 Å². The van der Waals surface area contributed by atoms with Crippen LogP contribution in [0.15, 0.2) is 18.2 Å². The Bertz CT molecular complexity index is 294. The van der Waals surface area contributed by atoms with Gasteiger partial charge in [0.25, 0.3) is 5.69 Å². The van der Waals surface area contributed by atoms with Gasteiger partial charge in [0.05, 0.1) is 4.92 Å². The van der Waals surface area contributed by atoms with Gasteiger partial charge in [0.2, 0.25) is 0 Å². The van der Waals surface area contributed by atoms with Crippen LogP contribution in [0.3, 0.4) is 0 Å². The molecule has 3 nitrogen and oxygen atoms in total. The van der Waals surface area contributed by atoms with E-state index in [2.05, 4.69) is 6.07 Å². The van der Waals surface area contributed by atoms with Gasteiger partial charge in [-0.3, -0.25) is 10.1 Å². The molecule has 0 fully saturated rings. The van der Waals surface area contributed by atoms with Gasteiger partial charge >= 0.3 is 0 Å². The van der Waals surface area contributed by atoms with Crippen LogP contribution in [-0.2, 0) is 0 Å². The minimum atomic E-state index is -0.389. The molecule has 0 amide bonds. The summed E-state index contributed by atoms with van der Waals surface area (Å²) in [6.07, 6.45) is 0. The molecule has 0 heterocycles. The van der Waals surface area contributed by atoms with Crippen LogP contribution >= 0.6 is 0 Å². The Balaban J connectivity index is 3.04. The maximum absolute atomic E-state index is 10.4. The molecule has 0 aliphatic rings. The van der Waals surface area contributed by atoms with Crippen molar-refractivity contribution in [1.82, 2.24) is 0 Å². The van der Waals surface area contributed by atoms with E-state index in [1.165, 1.54) is 6.07 Å². The molecular weight excluding hydrogens is 154 g/mol. The van der Waals surface area contributed by atoms with Gasteiger partial charge in [-0.2, -0.15) is 0 Å². The second-order valence-electron chi connectivity index (χ2n) is 2.91. The van der Waals surface area contributed by atoms with Crippen LogP contribution in [0.1, 0.15) is 25.3 Å². The summed E-state index contributed by atoms with van der Waals surface area (Å²) in [6, 6.07) is 7.56. The van der Waals surface area contributed by atoms with Crippen LogP contribution in [0.25, 0.3) is 0 Å². The largest absolute Gasteiger partial charge is 0.269 e. The fourth-order valence-corrected chi connectivity index (χ4v) is 0.919. The molecule has 1 aromatic rings. The van der Waals surface area contributed by atoms with E-state index in [0.717, 1.165) is 5.56 Å². The van der Waals surface area contributed by atoms with Crippen molar-refractivity contribution < 1.29 is 4.92 Å². The van der Waals surface area contributed by atoms with Crippen LogP contribution in [0.5, 0.6) is 0 Å². The van der Waals surface area contributed by atoms with Crippen LogP contribution < -0.4 is 0 Å². The lowest BCUT2D eigenvalue weighted by molar-refractivity contribution is -0.384. The number of hydrogen-bond acceptors (Lipinski definition) is 2. The number of nitro groups is 1. The minimum absolute atomic E-state index is 0.137. The van der Waals surface area contributed by atoms with Crippen molar-refractivity contribution in [2.45, 2.75) is 19.8 Å². The standard InChI is InChI=1S/C9H10NO2/c1-7(2)8-4-3-5-9(6-8)10(11)12/h3,5-7H,1-2H3. The Morgan fingerprint density at radius 3 is 2.75 bits per heavy atom. The van der Waals surface area contributed by atoms with Crippen molar-refractivity contribution in [2.24, 2.45) is 0 Å². The van der Waals surface area contributed by atoms with E-state index in [1.54, 1.807) is 12.1 Å². The molecule has 0 aliphatic carbocycles. The molecule has 0 bridgehead atoms. The Hall–Kier alpha value is -1.38. The molecule has 1 radical (unpaired) electrons. The second-order valence-corrected chi connectivity index (χ2v) is 2.91. The summed E-state index contributed by atoms with van der Waals surface area (Å²) in [5, 5.41) is 10.4. The summed E-state index contributed by atoms with van der Waals surface area (Å²) in [5.74, 6) is 0.282. The highest BCUT2D eigenvalue weighted by atomic mass is 16.6. The summed E-state index contributed by atoms with van der Waals surface area (Å²) in [4.78, 5) is 9.98. The van der Waals surface area contributed by atoms with E-state index in [0.29, 0.717) is 0 Å². The van der Waals surface area contributed by atoms with Crippen molar-refractivity contribution in [1.29, 1.82) is 0 Å². The third kappa shape index (κ3) is 1.81. The Kier molecular flexibility index (Phi) is 2.43. The molecule has 0 atom stereocenters. The van der Waals surface area contributed by atoms with Crippen LogP contribution in [-0.4, -0.2) is 4.92 Å². The molecule has 3 heteroatoms. The molecule has 0 saturated heterocycles. The van der Waals surface area contributed by atoms with Crippen molar-refractivity contribution in [2.75, 3.05) is 0 Å². The van der Waals surface area contributed by atoms with E-state index in [-0.39, 0.29) is 16.5 Å². The first kappa shape index (κ1) is 8.71. The summed E-state index contributed by atoms with van der Waals surface area (Å²) >= 11 is 0. The molecule has 1 aromatic carbocycles. The number of nitro benzene ring substituents is 1. The molecule has 0 aliphatic heterocycles. The van der Waals surface area contributed by atoms with Crippen molar-refractivity contribution in [3.8, 4) is 0 Å². The summed E-state index contributed by atoms with van der Waals surface area (Å²) in [6.45, 7) is 3.96. The molecule has 0 saturated carbocycles. The minimum Gasteiger partial charge on any atom is -0.258 e. The average Bonchev–Trinajstić information content (AvgIpc) is 2.04. The number of rotatable bonds is 2.